The zero-order valence-corrected chi connectivity index (χ0v) is 10.2. The lowest BCUT2D eigenvalue weighted by atomic mass is 10.2. The number of likely N-dealkylation sites (tertiary alicyclic amines) is 1. The van der Waals surface area contributed by atoms with Crippen LogP contribution < -0.4 is 17.0 Å². The summed E-state index contributed by atoms with van der Waals surface area (Å²) in [6, 6.07) is 2.84. The van der Waals surface area contributed by atoms with Crippen LogP contribution in [0.5, 0.6) is 0 Å². The molecule has 1 fully saturated rings. The molecule has 1 saturated heterocycles. The second-order valence-corrected chi connectivity index (χ2v) is 4.59. The molecule has 2 rings (SSSR count). The smallest absolute Gasteiger partial charge is 0.250 e. The Morgan fingerprint density at radius 3 is 2.89 bits per heavy atom. The second-order valence-electron chi connectivity index (χ2n) is 4.59. The number of hydrogen-bond donors (Lipinski definition) is 2. The van der Waals surface area contributed by atoms with Crippen LogP contribution in [-0.4, -0.2) is 34.5 Å². The Kier molecular flexibility index (Phi) is 3.66. The zero-order chi connectivity index (χ0) is 13.1. The van der Waals surface area contributed by atoms with Crippen LogP contribution in [-0.2, 0) is 11.3 Å². The third-order valence-electron chi connectivity index (χ3n) is 3.33. The zero-order valence-electron chi connectivity index (χ0n) is 10.2. The van der Waals surface area contributed by atoms with Crippen molar-refractivity contribution < 1.29 is 4.79 Å². The molecule has 1 aromatic heterocycles. The Morgan fingerprint density at radius 1 is 1.39 bits per heavy atom. The lowest BCUT2D eigenvalue weighted by Crippen LogP contribution is -2.42. The fourth-order valence-corrected chi connectivity index (χ4v) is 2.38. The summed E-state index contributed by atoms with van der Waals surface area (Å²) in [5.74, 6) is -0.285. The van der Waals surface area contributed by atoms with Crippen molar-refractivity contribution in [3.05, 3.63) is 28.7 Å². The number of nitrogen functional groups attached to an aromatic ring is 1. The number of anilines is 1. The minimum Gasteiger partial charge on any atom is -0.398 e. The minimum absolute atomic E-state index is 0.0842. The maximum atomic E-state index is 11.6. The van der Waals surface area contributed by atoms with Crippen molar-refractivity contribution in [2.45, 2.75) is 25.4 Å². The largest absolute Gasteiger partial charge is 0.398 e. The third kappa shape index (κ3) is 2.70. The van der Waals surface area contributed by atoms with Crippen LogP contribution in [0, 0.1) is 0 Å². The molecular weight excluding hydrogens is 232 g/mol. The number of hydrogen-bond acceptors (Lipinski definition) is 4. The summed E-state index contributed by atoms with van der Waals surface area (Å²) < 4.78 is 1.56. The van der Waals surface area contributed by atoms with E-state index in [1.54, 1.807) is 16.8 Å². The van der Waals surface area contributed by atoms with Crippen molar-refractivity contribution in [2.24, 2.45) is 5.73 Å². The van der Waals surface area contributed by atoms with Gasteiger partial charge in [0.1, 0.15) is 0 Å². The number of carbonyl (C=O) groups excluding carboxylic acids is 1. The Hall–Kier alpha value is -1.82. The van der Waals surface area contributed by atoms with Crippen molar-refractivity contribution in [3.8, 4) is 0 Å². The molecule has 1 amide bonds. The summed E-state index contributed by atoms with van der Waals surface area (Å²) in [6.07, 6.45) is 3.40. The van der Waals surface area contributed by atoms with E-state index in [2.05, 4.69) is 0 Å². The van der Waals surface area contributed by atoms with Crippen LogP contribution in [0.3, 0.4) is 0 Å². The molecule has 1 aromatic rings. The SMILES string of the molecule is NC(=O)C1CCCN1CCn1cc(N)ccc1=O. The van der Waals surface area contributed by atoms with Crippen LogP contribution >= 0.6 is 0 Å². The van der Waals surface area contributed by atoms with Crippen LogP contribution in [0.2, 0.25) is 0 Å². The Balaban J connectivity index is 2.01. The number of amides is 1. The Morgan fingerprint density at radius 2 is 2.17 bits per heavy atom. The maximum Gasteiger partial charge on any atom is 0.250 e. The Labute approximate surface area is 105 Å². The molecule has 18 heavy (non-hydrogen) atoms. The summed E-state index contributed by atoms with van der Waals surface area (Å²) in [5, 5.41) is 0. The van der Waals surface area contributed by atoms with Gasteiger partial charge in [0.05, 0.1) is 6.04 Å². The van der Waals surface area contributed by atoms with Gasteiger partial charge in [-0.3, -0.25) is 14.5 Å². The number of pyridine rings is 1. The number of nitrogens with two attached hydrogens (primary N) is 2. The predicted octanol–water partition coefficient (Wildman–Crippen LogP) is -0.620. The molecule has 98 valence electrons. The van der Waals surface area contributed by atoms with Gasteiger partial charge in [-0.1, -0.05) is 0 Å². The van der Waals surface area contributed by atoms with E-state index < -0.39 is 0 Å². The second kappa shape index (κ2) is 5.22. The molecule has 0 spiro atoms. The summed E-state index contributed by atoms with van der Waals surface area (Å²) in [5.41, 5.74) is 11.5. The summed E-state index contributed by atoms with van der Waals surface area (Å²) in [4.78, 5) is 24.9. The molecule has 0 aliphatic carbocycles. The quantitative estimate of drug-likeness (QED) is 0.744. The van der Waals surface area contributed by atoms with E-state index in [0.717, 1.165) is 19.4 Å². The highest BCUT2D eigenvalue weighted by molar-refractivity contribution is 5.80. The molecule has 0 aromatic carbocycles. The summed E-state index contributed by atoms with van der Waals surface area (Å²) in [6.45, 7) is 2.01. The van der Waals surface area contributed by atoms with Gasteiger partial charge in [0, 0.05) is 31.0 Å². The van der Waals surface area contributed by atoms with Crippen molar-refractivity contribution >= 4 is 11.6 Å². The Bertz CT molecular complexity index is 497. The predicted molar refractivity (Wildman–Crippen MR) is 68.9 cm³/mol. The molecule has 4 N–H and O–H groups in total. The molecule has 0 bridgehead atoms. The lowest BCUT2D eigenvalue weighted by molar-refractivity contribution is -0.122. The van der Waals surface area contributed by atoms with Gasteiger partial charge in [-0.05, 0) is 25.5 Å². The van der Waals surface area contributed by atoms with E-state index in [9.17, 15) is 9.59 Å². The first-order valence-electron chi connectivity index (χ1n) is 6.07. The first kappa shape index (κ1) is 12.6. The minimum atomic E-state index is -0.285. The molecule has 1 aliphatic heterocycles. The maximum absolute atomic E-state index is 11.6. The van der Waals surface area contributed by atoms with Crippen LogP contribution in [0.25, 0.3) is 0 Å². The summed E-state index contributed by atoms with van der Waals surface area (Å²) >= 11 is 0. The first-order valence-corrected chi connectivity index (χ1v) is 6.07. The highest BCUT2D eigenvalue weighted by atomic mass is 16.1. The monoisotopic (exact) mass is 250 g/mol. The van der Waals surface area contributed by atoms with Crippen LogP contribution in [0.1, 0.15) is 12.8 Å². The highest BCUT2D eigenvalue weighted by Crippen LogP contribution is 2.16. The number of nitrogens with zero attached hydrogens (tertiary/aromatic N) is 2. The fourth-order valence-electron chi connectivity index (χ4n) is 2.38. The average molecular weight is 250 g/mol. The normalized spacial score (nSPS) is 20.1. The third-order valence-corrected chi connectivity index (χ3v) is 3.33. The number of aromatic nitrogens is 1. The van der Waals surface area contributed by atoms with Crippen molar-refractivity contribution in [1.29, 1.82) is 0 Å². The molecule has 6 nitrogen and oxygen atoms in total. The molecule has 1 atom stereocenters. The van der Waals surface area contributed by atoms with Gasteiger partial charge in [0.15, 0.2) is 0 Å². The van der Waals surface area contributed by atoms with Gasteiger partial charge in [0.25, 0.3) is 5.56 Å². The van der Waals surface area contributed by atoms with E-state index in [1.807, 2.05) is 4.90 Å². The highest BCUT2D eigenvalue weighted by Gasteiger charge is 2.28. The standard InChI is InChI=1S/C12H18N4O2/c13-9-3-4-11(17)16(8-9)7-6-15-5-1-2-10(15)12(14)18/h3-4,8,10H,1-2,5-7,13H2,(H2,14,18). The van der Waals surface area contributed by atoms with Gasteiger partial charge >= 0.3 is 0 Å². The summed E-state index contributed by atoms with van der Waals surface area (Å²) in [7, 11) is 0. The van der Waals surface area contributed by atoms with Crippen LogP contribution in [0.4, 0.5) is 5.69 Å². The number of primary amides is 1. The lowest BCUT2D eigenvalue weighted by Gasteiger charge is -2.22. The van der Waals surface area contributed by atoms with Gasteiger partial charge < -0.3 is 16.0 Å². The van der Waals surface area contributed by atoms with E-state index in [1.165, 1.54) is 6.07 Å². The number of carbonyl (C=O) groups is 1. The molecule has 0 saturated carbocycles. The first-order chi connectivity index (χ1) is 8.58. The number of rotatable bonds is 4. The molecule has 0 radical (unpaired) electrons. The molecule has 1 aliphatic rings. The fraction of sp³-hybridized carbons (Fsp3) is 0.500. The molecular formula is C12H18N4O2. The molecule has 2 heterocycles. The molecule has 6 heteroatoms. The topological polar surface area (TPSA) is 94.3 Å². The van der Waals surface area contributed by atoms with Gasteiger partial charge in [-0.15, -0.1) is 0 Å². The molecule has 1 unspecified atom stereocenters. The van der Waals surface area contributed by atoms with Crippen molar-refractivity contribution in [3.63, 3.8) is 0 Å². The van der Waals surface area contributed by atoms with E-state index in [-0.39, 0.29) is 17.5 Å². The van der Waals surface area contributed by atoms with Gasteiger partial charge in [0.2, 0.25) is 5.91 Å². The van der Waals surface area contributed by atoms with Crippen LogP contribution in [0.15, 0.2) is 23.1 Å². The van der Waals surface area contributed by atoms with Crippen molar-refractivity contribution in [2.75, 3.05) is 18.8 Å². The van der Waals surface area contributed by atoms with Gasteiger partial charge in [-0.25, -0.2) is 0 Å². The van der Waals surface area contributed by atoms with E-state index >= 15 is 0 Å². The van der Waals surface area contributed by atoms with Gasteiger partial charge in [-0.2, -0.15) is 0 Å². The van der Waals surface area contributed by atoms with E-state index in [0.29, 0.717) is 18.8 Å². The van der Waals surface area contributed by atoms with Crippen molar-refractivity contribution in [1.82, 2.24) is 9.47 Å². The average Bonchev–Trinajstić information content (AvgIpc) is 2.79. The van der Waals surface area contributed by atoms with E-state index in [4.69, 9.17) is 11.5 Å².